The van der Waals surface area contributed by atoms with Crippen LogP contribution < -0.4 is 0 Å². The molecular weight excluding hydrogens is 190 g/mol. The van der Waals surface area contributed by atoms with Gasteiger partial charge in [-0.3, -0.25) is 9.59 Å². The van der Waals surface area contributed by atoms with E-state index in [1.807, 2.05) is 0 Å². The van der Waals surface area contributed by atoms with Crippen LogP contribution in [-0.2, 0) is 9.59 Å². The van der Waals surface area contributed by atoms with Gasteiger partial charge < -0.3 is 0 Å². The van der Waals surface area contributed by atoms with E-state index < -0.39 is 0 Å². The molecule has 0 saturated heterocycles. The van der Waals surface area contributed by atoms with Crippen molar-refractivity contribution < 1.29 is 9.59 Å². The molecule has 0 spiro atoms. The molecule has 0 saturated carbocycles. The van der Waals surface area contributed by atoms with Gasteiger partial charge in [-0.15, -0.1) is 0 Å². The van der Waals surface area contributed by atoms with Crippen LogP contribution in [0, 0.1) is 0 Å². The Balaban J connectivity index is 2.23. The monoisotopic (exact) mass is 197 g/mol. The Kier molecular flexibility index (Phi) is 1.51. The van der Waals surface area contributed by atoms with E-state index in [0.29, 0.717) is 17.7 Å². The molecule has 0 fully saturated rings. The Morgan fingerprint density at radius 3 is 2.87 bits per heavy atom. The third kappa shape index (κ3) is 1.09. The largest absolute Gasteiger partial charge is 0.294 e. The normalized spacial score (nSPS) is 22.7. The van der Waals surface area contributed by atoms with Crippen molar-refractivity contribution in [3.63, 3.8) is 0 Å². The fourth-order valence-electron chi connectivity index (χ4n) is 1.96. The second-order valence-electron chi connectivity index (χ2n) is 3.60. The third-order valence-electron chi connectivity index (χ3n) is 2.63. The molecule has 0 bridgehead atoms. The van der Waals surface area contributed by atoms with Crippen LogP contribution in [-0.4, -0.2) is 17.3 Å². The van der Waals surface area contributed by atoms with Gasteiger partial charge in [-0.2, -0.15) is 0 Å². The van der Waals surface area contributed by atoms with Crippen molar-refractivity contribution in [3.05, 3.63) is 47.2 Å². The van der Waals surface area contributed by atoms with Gasteiger partial charge >= 0.3 is 0 Å². The minimum absolute atomic E-state index is 0.0278. The SMILES string of the molecule is O=C1C=CC2=NC3=CC=CC(=O)C3=C2C1. The van der Waals surface area contributed by atoms with E-state index in [0.717, 1.165) is 11.3 Å². The molecule has 2 aliphatic carbocycles. The fourth-order valence-corrected chi connectivity index (χ4v) is 1.96. The van der Waals surface area contributed by atoms with Crippen molar-refractivity contribution in [3.8, 4) is 0 Å². The molecule has 3 aliphatic rings. The van der Waals surface area contributed by atoms with Gasteiger partial charge in [0, 0.05) is 6.42 Å². The summed E-state index contributed by atoms with van der Waals surface area (Å²) in [5.41, 5.74) is 2.83. The zero-order valence-corrected chi connectivity index (χ0v) is 7.86. The Hall–Kier alpha value is -2.03. The molecule has 3 nitrogen and oxygen atoms in total. The summed E-state index contributed by atoms with van der Waals surface area (Å²) in [5, 5.41) is 0. The predicted molar refractivity (Wildman–Crippen MR) is 55.5 cm³/mol. The van der Waals surface area contributed by atoms with Crippen LogP contribution in [0.15, 0.2) is 52.2 Å². The third-order valence-corrected chi connectivity index (χ3v) is 2.63. The molecule has 0 radical (unpaired) electrons. The van der Waals surface area contributed by atoms with Gasteiger partial charge in [0.15, 0.2) is 11.6 Å². The quantitative estimate of drug-likeness (QED) is 0.587. The molecule has 1 aliphatic heterocycles. The Bertz CT molecular complexity index is 542. The molecule has 15 heavy (non-hydrogen) atoms. The van der Waals surface area contributed by atoms with E-state index >= 15 is 0 Å². The van der Waals surface area contributed by atoms with Crippen LogP contribution in [0.3, 0.4) is 0 Å². The van der Waals surface area contributed by atoms with Crippen molar-refractivity contribution in [2.45, 2.75) is 6.42 Å². The van der Waals surface area contributed by atoms with Crippen molar-refractivity contribution in [2.75, 3.05) is 0 Å². The van der Waals surface area contributed by atoms with E-state index in [1.165, 1.54) is 12.2 Å². The molecule has 0 atom stereocenters. The van der Waals surface area contributed by atoms with Crippen LogP contribution in [0.4, 0.5) is 0 Å². The highest BCUT2D eigenvalue weighted by molar-refractivity contribution is 6.26. The van der Waals surface area contributed by atoms with E-state index in [2.05, 4.69) is 4.99 Å². The maximum Gasteiger partial charge on any atom is 0.188 e. The Morgan fingerprint density at radius 2 is 2.00 bits per heavy atom. The van der Waals surface area contributed by atoms with Gasteiger partial charge in [0.25, 0.3) is 0 Å². The second-order valence-corrected chi connectivity index (χ2v) is 3.60. The standard InChI is InChI=1S/C12H7NO2/c14-7-4-5-9-8(6-7)12-10(13-9)2-1-3-11(12)15/h1-5H,6H2. The number of carbonyl (C=O) groups is 2. The summed E-state index contributed by atoms with van der Waals surface area (Å²) in [5.74, 6) is -0.0237. The van der Waals surface area contributed by atoms with Crippen molar-refractivity contribution in [2.24, 2.45) is 4.99 Å². The molecule has 1 heterocycles. The molecule has 0 amide bonds. The molecule has 0 aromatic heterocycles. The van der Waals surface area contributed by atoms with Crippen molar-refractivity contribution >= 4 is 17.3 Å². The summed E-state index contributed by atoms with van der Waals surface area (Å²) in [6, 6.07) is 0. The number of hydrogen-bond donors (Lipinski definition) is 0. The van der Waals surface area contributed by atoms with Crippen LogP contribution in [0.1, 0.15) is 6.42 Å². The van der Waals surface area contributed by atoms with E-state index in [-0.39, 0.29) is 11.6 Å². The number of nitrogens with zero attached hydrogens (tertiary/aromatic N) is 1. The lowest BCUT2D eigenvalue weighted by molar-refractivity contribution is -0.114. The summed E-state index contributed by atoms with van der Waals surface area (Å²) in [6.07, 6.45) is 8.48. The van der Waals surface area contributed by atoms with E-state index in [1.54, 1.807) is 18.2 Å². The number of hydrogen-bond acceptors (Lipinski definition) is 3. The molecule has 0 unspecified atom stereocenters. The van der Waals surface area contributed by atoms with E-state index in [4.69, 9.17) is 0 Å². The van der Waals surface area contributed by atoms with Crippen molar-refractivity contribution in [1.29, 1.82) is 0 Å². The van der Waals surface area contributed by atoms with Crippen LogP contribution in [0.5, 0.6) is 0 Å². The number of allylic oxidation sites excluding steroid dienone is 7. The highest BCUT2D eigenvalue weighted by atomic mass is 16.1. The minimum atomic E-state index is -0.0515. The average Bonchev–Trinajstić information content (AvgIpc) is 2.57. The molecule has 3 rings (SSSR count). The molecule has 72 valence electrons. The zero-order valence-electron chi connectivity index (χ0n) is 7.86. The molecule has 3 heteroatoms. The molecular formula is C12H7NO2. The Morgan fingerprint density at radius 1 is 1.13 bits per heavy atom. The summed E-state index contributed by atoms with van der Waals surface area (Å²) >= 11 is 0. The topological polar surface area (TPSA) is 46.5 Å². The number of rotatable bonds is 0. The highest BCUT2D eigenvalue weighted by Gasteiger charge is 2.30. The van der Waals surface area contributed by atoms with Gasteiger partial charge in [0.1, 0.15) is 0 Å². The minimum Gasteiger partial charge on any atom is -0.294 e. The molecule has 0 N–H and O–H groups in total. The number of ketones is 2. The van der Waals surface area contributed by atoms with Gasteiger partial charge in [-0.05, 0) is 29.9 Å². The number of fused-ring (bicyclic) bond motifs is 2. The van der Waals surface area contributed by atoms with Crippen molar-refractivity contribution in [1.82, 2.24) is 0 Å². The van der Waals surface area contributed by atoms with Crippen LogP contribution in [0.25, 0.3) is 0 Å². The molecule has 0 aromatic carbocycles. The lowest BCUT2D eigenvalue weighted by Crippen LogP contribution is -2.12. The van der Waals surface area contributed by atoms with Gasteiger partial charge in [0.05, 0.1) is 17.0 Å². The van der Waals surface area contributed by atoms with Crippen LogP contribution in [0.2, 0.25) is 0 Å². The first-order valence-corrected chi connectivity index (χ1v) is 4.72. The maximum atomic E-state index is 11.6. The number of aliphatic imine (C=N–C) groups is 1. The first kappa shape index (κ1) is 8.29. The average molecular weight is 197 g/mol. The lowest BCUT2D eigenvalue weighted by atomic mass is 9.91. The Labute approximate surface area is 86.2 Å². The first-order valence-electron chi connectivity index (χ1n) is 4.72. The summed E-state index contributed by atoms with van der Waals surface area (Å²) in [4.78, 5) is 27.2. The zero-order chi connectivity index (χ0) is 10.4. The highest BCUT2D eigenvalue weighted by Crippen LogP contribution is 2.32. The summed E-state index contributed by atoms with van der Waals surface area (Å²) in [7, 11) is 0. The van der Waals surface area contributed by atoms with Gasteiger partial charge in [-0.1, -0.05) is 6.08 Å². The first-order chi connectivity index (χ1) is 7.25. The summed E-state index contributed by atoms with van der Waals surface area (Å²) < 4.78 is 0. The molecule has 0 aromatic rings. The maximum absolute atomic E-state index is 11.6. The smallest absolute Gasteiger partial charge is 0.188 e. The fraction of sp³-hybridized carbons (Fsp3) is 0.0833. The van der Waals surface area contributed by atoms with Gasteiger partial charge in [-0.25, -0.2) is 4.99 Å². The number of carbonyl (C=O) groups excluding carboxylic acids is 2. The summed E-state index contributed by atoms with van der Waals surface area (Å²) in [6.45, 7) is 0. The predicted octanol–water partition coefficient (Wildman–Crippen LogP) is 1.29. The van der Waals surface area contributed by atoms with E-state index in [9.17, 15) is 9.59 Å². The second kappa shape index (κ2) is 2.73. The lowest BCUT2D eigenvalue weighted by Gasteiger charge is -2.08. The van der Waals surface area contributed by atoms with Crippen LogP contribution >= 0.6 is 0 Å². The van der Waals surface area contributed by atoms with Gasteiger partial charge in [0.2, 0.25) is 0 Å².